The van der Waals surface area contributed by atoms with E-state index in [1.54, 1.807) is 18.2 Å². The summed E-state index contributed by atoms with van der Waals surface area (Å²) in [6, 6.07) is 11.3. The van der Waals surface area contributed by atoms with E-state index in [4.69, 9.17) is 4.74 Å². The summed E-state index contributed by atoms with van der Waals surface area (Å²) >= 11 is 0. The van der Waals surface area contributed by atoms with Gasteiger partial charge in [-0.3, -0.25) is 19.7 Å². The average Bonchev–Trinajstić information content (AvgIpc) is 3.07. The van der Waals surface area contributed by atoms with E-state index in [0.717, 1.165) is 31.2 Å². The van der Waals surface area contributed by atoms with E-state index < -0.39 is 17.8 Å². The Morgan fingerprint density at radius 1 is 1.03 bits per heavy atom. The average molecular weight is 420 g/mol. The maximum Gasteiger partial charge on any atom is 0.310 e. The Bertz CT molecular complexity index is 993. The lowest BCUT2D eigenvalue weighted by atomic mass is 9.98. The van der Waals surface area contributed by atoms with E-state index in [0.29, 0.717) is 11.1 Å². The van der Waals surface area contributed by atoms with Crippen LogP contribution in [0.3, 0.4) is 0 Å². The van der Waals surface area contributed by atoms with Crippen molar-refractivity contribution < 1.29 is 19.1 Å². The lowest BCUT2D eigenvalue weighted by Gasteiger charge is -2.12. The minimum atomic E-state index is -0.461. The van der Waals surface area contributed by atoms with E-state index in [9.17, 15) is 14.4 Å². The number of carbonyl (C=O) groups is 3. The number of amides is 2. The first kappa shape index (κ1) is 22.5. The summed E-state index contributed by atoms with van der Waals surface area (Å²) in [7, 11) is 0. The molecule has 0 bridgehead atoms. The number of rotatable bonds is 11. The summed E-state index contributed by atoms with van der Waals surface area (Å²) in [4.78, 5) is 36.2. The second-order valence-electron chi connectivity index (χ2n) is 7.81. The molecule has 0 saturated heterocycles. The molecule has 1 aliphatic heterocycles. The van der Waals surface area contributed by atoms with Crippen molar-refractivity contribution in [3.05, 3.63) is 82.4 Å². The molecule has 1 heterocycles. The van der Waals surface area contributed by atoms with Crippen LogP contribution in [0.25, 0.3) is 0 Å². The summed E-state index contributed by atoms with van der Waals surface area (Å²) < 4.78 is 5.50. The van der Waals surface area contributed by atoms with Crippen molar-refractivity contribution >= 4 is 17.8 Å². The molecule has 1 aliphatic rings. The molecule has 5 nitrogen and oxygen atoms in total. The van der Waals surface area contributed by atoms with E-state index in [-0.39, 0.29) is 18.6 Å². The third-order valence-electron chi connectivity index (χ3n) is 5.60. The number of ether oxygens (including phenoxy) is 1. The van der Waals surface area contributed by atoms with Crippen LogP contribution in [0.1, 0.15) is 75.6 Å². The largest absolute Gasteiger partial charge is 0.461 e. The van der Waals surface area contributed by atoms with Crippen molar-refractivity contribution in [2.45, 2.75) is 58.5 Å². The molecule has 1 N–H and O–H groups in total. The quantitative estimate of drug-likeness (QED) is 0.248. The van der Waals surface area contributed by atoms with Crippen molar-refractivity contribution in [1.29, 1.82) is 0 Å². The van der Waals surface area contributed by atoms with Gasteiger partial charge in [0.25, 0.3) is 11.8 Å². The number of imide groups is 1. The van der Waals surface area contributed by atoms with Crippen molar-refractivity contribution in [1.82, 2.24) is 5.32 Å². The van der Waals surface area contributed by atoms with Gasteiger partial charge in [0.05, 0.1) is 17.5 Å². The van der Waals surface area contributed by atoms with Gasteiger partial charge >= 0.3 is 5.97 Å². The molecular formula is C26H29NO4. The second kappa shape index (κ2) is 10.7. The van der Waals surface area contributed by atoms with Crippen LogP contribution in [0, 0.1) is 0 Å². The number of benzene rings is 2. The van der Waals surface area contributed by atoms with E-state index in [1.165, 1.54) is 24.0 Å². The van der Waals surface area contributed by atoms with Crippen LogP contribution in [-0.4, -0.2) is 17.8 Å². The molecule has 0 radical (unpaired) electrons. The molecule has 162 valence electrons. The van der Waals surface area contributed by atoms with E-state index in [1.807, 2.05) is 12.1 Å². The summed E-state index contributed by atoms with van der Waals surface area (Å²) in [6.45, 7) is 6.05. The SMILES string of the molecule is C=CCCCCCc1ccc(COC(=O)Cc2cccc3c2C(=O)NC3=O)c(CC)c1. The molecule has 2 amide bonds. The Balaban J connectivity index is 1.57. The summed E-state index contributed by atoms with van der Waals surface area (Å²) in [6.07, 6.45) is 8.42. The molecule has 2 aromatic rings. The Morgan fingerprint density at radius 3 is 2.65 bits per heavy atom. The number of esters is 1. The highest BCUT2D eigenvalue weighted by Crippen LogP contribution is 2.21. The van der Waals surface area contributed by atoms with Crippen LogP contribution in [0.15, 0.2) is 49.1 Å². The number of fused-ring (bicyclic) bond motifs is 1. The van der Waals surface area contributed by atoms with Gasteiger partial charge in [-0.05, 0) is 60.4 Å². The zero-order valence-corrected chi connectivity index (χ0v) is 18.0. The Hall–Kier alpha value is -3.21. The Labute approximate surface area is 183 Å². The first-order valence-corrected chi connectivity index (χ1v) is 10.9. The lowest BCUT2D eigenvalue weighted by Crippen LogP contribution is -2.20. The van der Waals surface area contributed by atoms with Crippen LogP contribution in [0.4, 0.5) is 0 Å². The van der Waals surface area contributed by atoms with Crippen LogP contribution < -0.4 is 5.32 Å². The van der Waals surface area contributed by atoms with E-state index in [2.05, 4.69) is 31.0 Å². The van der Waals surface area contributed by atoms with Gasteiger partial charge < -0.3 is 4.74 Å². The van der Waals surface area contributed by atoms with Crippen molar-refractivity contribution in [3.8, 4) is 0 Å². The van der Waals surface area contributed by atoms with Gasteiger partial charge in [-0.15, -0.1) is 6.58 Å². The molecule has 2 aromatic carbocycles. The van der Waals surface area contributed by atoms with Crippen molar-refractivity contribution in [2.75, 3.05) is 0 Å². The topological polar surface area (TPSA) is 72.5 Å². The van der Waals surface area contributed by atoms with Gasteiger partial charge in [-0.2, -0.15) is 0 Å². The monoisotopic (exact) mass is 419 g/mol. The molecular weight excluding hydrogens is 390 g/mol. The fourth-order valence-electron chi connectivity index (χ4n) is 3.90. The smallest absolute Gasteiger partial charge is 0.310 e. The Morgan fingerprint density at radius 2 is 1.87 bits per heavy atom. The first-order valence-electron chi connectivity index (χ1n) is 10.9. The minimum absolute atomic E-state index is 0.0475. The zero-order chi connectivity index (χ0) is 22.2. The lowest BCUT2D eigenvalue weighted by molar-refractivity contribution is -0.144. The van der Waals surface area contributed by atoms with E-state index >= 15 is 0 Å². The molecule has 0 unspecified atom stereocenters. The van der Waals surface area contributed by atoms with Crippen LogP contribution in [0.2, 0.25) is 0 Å². The van der Waals surface area contributed by atoms with Gasteiger partial charge in [0.1, 0.15) is 6.61 Å². The number of nitrogens with one attached hydrogen (secondary N) is 1. The highest BCUT2D eigenvalue weighted by Gasteiger charge is 2.29. The number of allylic oxidation sites excluding steroid dienone is 1. The number of unbranched alkanes of at least 4 members (excludes halogenated alkanes) is 3. The van der Waals surface area contributed by atoms with Gasteiger partial charge in [0.2, 0.25) is 0 Å². The number of carbonyl (C=O) groups excluding carboxylic acids is 3. The third kappa shape index (κ3) is 5.69. The number of hydrogen-bond donors (Lipinski definition) is 1. The van der Waals surface area contributed by atoms with Gasteiger partial charge in [-0.1, -0.05) is 49.8 Å². The fourth-order valence-corrected chi connectivity index (χ4v) is 3.90. The summed E-state index contributed by atoms with van der Waals surface area (Å²) in [5.74, 6) is -1.31. The standard InChI is InChI=1S/C26H29NO4/c1-3-5-6-7-8-10-18-13-14-21(19(4-2)15-18)17-31-23(28)16-20-11-9-12-22-24(20)26(30)27-25(22)29/h3,9,11-15H,1,4-8,10,16-17H2,2H3,(H,27,29,30). The maximum atomic E-state index is 12.4. The minimum Gasteiger partial charge on any atom is -0.461 e. The first-order chi connectivity index (χ1) is 15.0. The normalized spacial score (nSPS) is 12.4. The van der Waals surface area contributed by atoms with Crippen LogP contribution in [0.5, 0.6) is 0 Å². The molecule has 0 spiro atoms. The zero-order valence-electron chi connectivity index (χ0n) is 18.0. The molecule has 0 atom stereocenters. The molecule has 0 aliphatic carbocycles. The second-order valence-corrected chi connectivity index (χ2v) is 7.81. The van der Waals surface area contributed by atoms with Crippen LogP contribution in [-0.2, 0) is 35.4 Å². The highest BCUT2D eigenvalue weighted by atomic mass is 16.5. The Kier molecular flexibility index (Phi) is 7.76. The fraction of sp³-hybridized carbons (Fsp3) is 0.346. The molecule has 0 fully saturated rings. The molecule has 5 heteroatoms. The van der Waals surface area contributed by atoms with Gasteiger partial charge in [0, 0.05) is 0 Å². The van der Waals surface area contributed by atoms with Crippen LogP contribution >= 0.6 is 0 Å². The highest BCUT2D eigenvalue weighted by molar-refractivity contribution is 6.22. The summed E-state index contributed by atoms with van der Waals surface area (Å²) in [5, 5.41) is 2.26. The molecule has 0 saturated carbocycles. The number of aryl methyl sites for hydroxylation is 2. The molecule has 3 rings (SSSR count). The maximum absolute atomic E-state index is 12.4. The summed E-state index contributed by atoms with van der Waals surface area (Å²) in [5.41, 5.74) is 4.58. The number of hydrogen-bond acceptors (Lipinski definition) is 4. The van der Waals surface area contributed by atoms with Gasteiger partial charge in [-0.25, -0.2) is 0 Å². The third-order valence-corrected chi connectivity index (χ3v) is 5.60. The predicted octanol–water partition coefficient (Wildman–Crippen LogP) is 4.71. The molecule has 0 aromatic heterocycles. The molecule has 31 heavy (non-hydrogen) atoms. The predicted molar refractivity (Wildman–Crippen MR) is 120 cm³/mol. The van der Waals surface area contributed by atoms with Crippen molar-refractivity contribution in [2.24, 2.45) is 0 Å². The van der Waals surface area contributed by atoms with Crippen molar-refractivity contribution in [3.63, 3.8) is 0 Å². The van der Waals surface area contributed by atoms with Gasteiger partial charge in [0.15, 0.2) is 0 Å².